The standard InChI is InChI=1S/C17H16O6/c1-2-9-21-14-6-3-12(4-7-14)11-22-15(18)8-5-13-10-16(19)23-17(13)20/h1,3-4,6-7,13H,5,8-11H2/t13-/m1/s1. The number of hydrogen-bond donors (Lipinski definition) is 0. The van der Waals surface area contributed by atoms with Crippen molar-refractivity contribution in [1.82, 2.24) is 0 Å². The van der Waals surface area contributed by atoms with Gasteiger partial charge in [0.1, 0.15) is 19.0 Å². The van der Waals surface area contributed by atoms with Gasteiger partial charge in [0.15, 0.2) is 0 Å². The summed E-state index contributed by atoms with van der Waals surface area (Å²) in [7, 11) is 0. The molecule has 0 bridgehead atoms. The second-order valence-corrected chi connectivity index (χ2v) is 5.03. The van der Waals surface area contributed by atoms with Crippen LogP contribution in [0.1, 0.15) is 24.8 Å². The van der Waals surface area contributed by atoms with Crippen LogP contribution in [0.5, 0.6) is 5.75 Å². The molecule has 0 unspecified atom stereocenters. The first-order valence-electron chi connectivity index (χ1n) is 7.14. The number of rotatable bonds is 7. The molecule has 0 aliphatic carbocycles. The molecule has 1 aromatic rings. The zero-order valence-corrected chi connectivity index (χ0v) is 12.4. The largest absolute Gasteiger partial charge is 0.481 e. The molecule has 1 atom stereocenters. The lowest BCUT2D eigenvalue weighted by molar-refractivity contribution is -0.153. The van der Waals surface area contributed by atoms with Gasteiger partial charge in [0.05, 0.1) is 12.3 Å². The highest BCUT2D eigenvalue weighted by atomic mass is 16.6. The summed E-state index contributed by atoms with van der Waals surface area (Å²) >= 11 is 0. The topological polar surface area (TPSA) is 78.9 Å². The summed E-state index contributed by atoms with van der Waals surface area (Å²) in [5.74, 6) is 0.938. The minimum absolute atomic E-state index is 0.0330. The van der Waals surface area contributed by atoms with Crippen molar-refractivity contribution in [3.63, 3.8) is 0 Å². The first kappa shape index (κ1) is 16.6. The molecule has 1 aliphatic heterocycles. The third-order valence-electron chi connectivity index (χ3n) is 3.30. The quantitative estimate of drug-likeness (QED) is 0.432. The van der Waals surface area contributed by atoms with Gasteiger partial charge in [-0.2, -0.15) is 0 Å². The third-order valence-corrected chi connectivity index (χ3v) is 3.30. The number of hydrogen-bond acceptors (Lipinski definition) is 6. The molecule has 0 spiro atoms. The molecule has 6 heteroatoms. The molecule has 0 aromatic heterocycles. The smallest absolute Gasteiger partial charge is 0.317 e. The van der Waals surface area contributed by atoms with Crippen LogP contribution in [0, 0.1) is 18.3 Å². The number of terminal acetylenes is 1. The van der Waals surface area contributed by atoms with Crippen LogP contribution < -0.4 is 4.74 Å². The van der Waals surface area contributed by atoms with E-state index in [1.807, 2.05) is 0 Å². The Kier molecular flexibility index (Phi) is 5.75. The van der Waals surface area contributed by atoms with Gasteiger partial charge < -0.3 is 14.2 Å². The molecular weight excluding hydrogens is 300 g/mol. The Hall–Kier alpha value is -2.81. The molecule has 0 radical (unpaired) electrons. The maximum Gasteiger partial charge on any atom is 0.317 e. The molecule has 1 fully saturated rings. The second kappa shape index (κ2) is 7.99. The molecule has 23 heavy (non-hydrogen) atoms. The van der Waals surface area contributed by atoms with Gasteiger partial charge in [-0.15, -0.1) is 6.42 Å². The van der Waals surface area contributed by atoms with Crippen LogP contribution in [0.4, 0.5) is 0 Å². The van der Waals surface area contributed by atoms with E-state index in [-0.39, 0.29) is 32.5 Å². The van der Waals surface area contributed by atoms with Crippen LogP contribution in [-0.4, -0.2) is 24.5 Å². The SMILES string of the molecule is C#CCOc1ccc(COC(=O)CC[C@@H]2CC(=O)OC2=O)cc1. The van der Waals surface area contributed by atoms with Gasteiger partial charge in [0.25, 0.3) is 0 Å². The summed E-state index contributed by atoms with van der Waals surface area (Å²) in [6, 6.07) is 7.01. The summed E-state index contributed by atoms with van der Waals surface area (Å²) in [5.41, 5.74) is 0.807. The van der Waals surface area contributed by atoms with Crippen molar-refractivity contribution < 1.29 is 28.6 Å². The third kappa shape index (κ3) is 5.15. The van der Waals surface area contributed by atoms with Crippen LogP contribution in [0.2, 0.25) is 0 Å². The summed E-state index contributed by atoms with van der Waals surface area (Å²) in [6.07, 6.45) is 5.45. The van der Waals surface area contributed by atoms with Crippen LogP contribution in [0.25, 0.3) is 0 Å². The molecule has 0 saturated carbocycles. The highest BCUT2D eigenvalue weighted by Gasteiger charge is 2.33. The lowest BCUT2D eigenvalue weighted by atomic mass is 10.0. The summed E-state index contributed by atoms with van der Waals surface area (Å²) in [6.45, 7) is 0.322. The Morgan fingerprint density at radius 2 is 2.04 bits per heavy atom. The Balaban J connectivity index is 1.71. The maximum absolute atomic E-state index is 11.7. The monoisotopic (exact) mass is 316 g/mol. The molecule has 0 N–H and O–H groups in total. The highest BCUT2D eigenvalue weighted by Crippen LogP contribution is 2.21. The normalized spacial score (nSPS) is 16.6. The molecule has 1 saturated heterocycles. The lowest BCUT2D eigenvalue weighted by Gasteiger charge is -2.07. The molecular formula is C17H16O6. The van der Waals surface area contributed by atoms with Gasteiger partial charge in [-0.25, -0.2) is 0 Å². The first-order chi connectivity index (χ1) is 11.1. The molecule has 120 valence electrons. The van der Waals surface area contributed by atoms with Crippen LogP contribution in [0.3, 0.4) is 0 Å². The number of carbonyl (C=O) groups excluding carboxylic acids is 3. The van der Waals surface area contributed by atoms with Crippen LogP contribution in [-0.2, 0) is 30.5 Å². The average molecular weight is 316 g/mol. The van der Waals surface area contributed by atoms with Gasteiger partial charge >= 0.3 is 17.9 Å². The van der Waals surface area contributed by atoms with Crippen LogP contribution in [0.15, 0.2) is 24.3 Å². The number of cyclic esters (lactones) is 2. The maximum atomic E-state index is 11.7. The van der Waals surface area contributed by atoms with E-state index in [1.54, 1.807) is 24.3 Å². The van der Waals surface area contributed by atoms with Gasteiger partial charge in [-0.1, -0.05) is 18.1 Å². The van der Waals surface area contributed by atoms with E-state index in [9.17, 15) is 14.4 Å². The van der Waals surface area contributed by atoms with E-state index >= 15 is 0 Å². The van der Waals surface area contributed by atoms with Crippen molar-refractivity contribution in [2.45, 2.75) is 25.9 Å². The van der Waals surface area contributed by atoms with E-state index in [2.05, 4.69) is 10.7 Å². The van der Waals surface area contributed by atoms with E-state index in [0.29, 0.717) is 5.75 Å². The van der Waals surface area contributed by atoms with Crippen molar-refractivity contribution in [2.24, 2.45) is 5.92 Å². The summed E-state index contributed by atoms with van der Waals surface area (Å²) < 4.78 is 14.8. The fraction of sp³-hybridized carbons (Fsp3) is 0.353. The first-order valence-corrected chi connectivity index (χ1v) is 7.14. The Bertz CT molecular complexity index is 625. The van der Waals surface area contributed by atoms with Gasteiger partial charge in [-0.3, -0.25) is 14.4 Å². The zero-order valence-electron chi connectivity index (χ0n) is 12.4. The van der Waals surface area contributed by atoms with Gasteiger partial charge in [0.2, 0.25) is 0 Å². The molecule has 2 rings (SSSR count). The summed E-state index contributed by atoms with van der Waals surface area (Å²) in [5, 5.41) is 0. The number of esters is 3. The number of benzene rings is 1. The predicted octanol–water partition coefficient (Wildman–Crippen LogP) is 1.61. The van der Waals surface area contributed by atoms with Gasteiger partial charge in [0, 0.05) is 6.42 Å². The average Bonchev–Trinajstić information content (AvgIpc) is 2.87. The van der Waals surface area contributed by atoms with Crippen molar-refractivity contribution in [3.8, 4) is 18.1 Å². The Morgan fingerprint density at radius 3 is 2.65 bits per heavy atom. The Morgan fingerprint density at radius 1 is 1.30 bits per heavy atom. The molecule has 1 aliphatic rings. The Labute approximate surface area is 133 Å². The van der Waals surface area contributed by atoms with Crippen LogP contribution >= 0.6 is 0 Å². The molecule has 1 heterocycles. The van der Waals surface area contributed by atoms with E-state index in [1.165, 1.54) is 0 Å². The van der Waals surface area contributed by atoms with E-state index < -0.39 is 23.8 Å². The van der Waals surface area contributed by atoms with E-state index in [0.717, 1.165) is 5.56 Å². The summed E-state index contributed by atoms with van der Waals surface area (Å²) in [4.78, 5) is 33.9. The van der Waals surface area contributed by atoms with E-state index in [4.69, 9.17) is 15.9 Å². The predicted molar refractivity (Wildman–Crippen MR) is 79.0 cm³/mol. The fourth-order valence-electron chi connectivity index (χ4n) is 2.08. The number of ether oxygens (including phenoxy) is 3. The molecule has 0 amide bonds. The second-order valence-electron chi connectivity index (χ2n) is 5.03. The van der Waals surface area contributed by atoms with Gasteiger partial charge in [-0.05, 0) is 24.1 Å². The molecule has 1 aromatic carbocycles. The number of carbonyl (C=O) groups is 3. The molecule has 6 nitrogen and oxygen atoms in total. The highest BCUT2D eigenvalue weighted by molar-refractivity contribution is 5.94. The van der Waals surface area contributed by atoms with Crippen molar-refractivity contribution in [2.75, 3.05) is 6.61 Å². The zero-order chi connectivity index (χ0) is 16.7. The minimum atomic E-state index is -0.564. The van der Waals surface area contributed by atoms with Crippen molar-refractivity contribution >= 4 is 17.9 Å². The fourth-order valence-corrected chi connectivity index (χ4v) is 2.08. The minimum Gasteiger partial charge on any atom is -0.481 e. The van der Waals surface area contributed by atoms with Crippen molar-refractivity contribution in [1.29, 1.82) is 0 Å². The van der Waals surface area contributed by atoms with Crippen molar-refractivity contribution in [3.05, 3.63) is 29.8 Å². The lowest BCUT2D eigenvalue weighted by Crippen LogP contribution is -2.11.